The van der Waals surface area contributed by atoms with Crippen molar-refractivity contribution in [3.63, 3.8) is 0 Å². The van der Waals surface area contributed by atoms with E-state index in [0.717, 1.165) is 36.9 Å². The standard InChI is InChI=1S/C15H25BrN2/c1-15(2,8-9-17)12-18(3)10-7-13-5-4-6-14(16)11-13/h4-6,11H,7-10,12,17H2,1-3H3. The Labute approximate surface area is 120 Å². The van der Waals surface area contributed by atoms with Gasteiger partial charge in [0.05, 0.1) is 0 Å². The van der Waals surface area contributed by atoms with Gasteiger partial charge in [0.25, 0.3) is 0 Å². The van der Waals surface area contributed by atoms with Gasteiger partial charge in [0, 0.05) is 17.6 Å². The maximum absolute atomic E-state index is 5.65. The average Bonchev–Trinajstić information content (AvgIpc) is 2.25. The van der Waals surface area contributed by atoms with Crippen LogP contribution < -0.4 is 5.73 Å². The molecule has 0 amide bonds. The van der Waals surface area contributed by atoms with Crippen molar-refractivity contribution in [3.05, 3.63) is 34.3 Å². The molecule has 0 fully saturated rings. The fourth-order valence-corrected chi connectivity index (χ4v) is 2.74. The van der Waals surface area contributed by atoms with E-state index in [9.17, 15) is 0 Å². The third-order valence-corrected chi connectivity index (χ3v) is 3.68. The zero-order chi connectivity index (χ0) is 13.6. The molecular weight excluding hydrogens is 288 g/mol. The highest BCUT2D eigenvalue weighted by molar-refractivity contribution is 9.10. The van der Waals surface area contributed by atoms with E-state index in [2.05, 4.69) is 66.0 Å². The van der Waals surface area contributed by atoms with Crippen LogP contribution in [0.5, 0.6) is 0 Å². The average molecular weight is 313 g/mol. The highest BCUT2D eigenvalue weighted by Gasteiger charge is 2.18. The first kappa shape index (κ1) is 15.7. The molecule has 0 aromatic heterocycles. The van der Waals surface area contributed by atoms with Gasteiger partial charge in [0.15, 0.2) is 0 Å². The maximum atomic E-state index is 5.65. The Morgan fingerprint density at radius 3 is 2.67 bits per heavy atom. The summed E-state index contributed by atoms with van der Waals surface area (Å²) in [5, 5.41) is 0. The summed E-state index contributed by atoms with van der Waals surface area (Å²) < 4.78 is 1.16. The van der Waals surface area contributed by atoms with E-state index >= 15 is 0 Å². The van der Waals surface area contributed by atoms with Crippen molar-refractivity contribution in [2.24, 2.45) is 11.1 Å². The number of nitrogens with zero attached hydrogens (tertiary/aromatic N) is 1. The molecule has 0 unspecified atom stereocenters. The molecule has 3 heteroatoms. The molecular formula is C15H25BrN2. The number of hydrogen-bond acceptors (Lipinski definition) is 2. The van der Waals surface area contributed by atoms with E-state index in [1.54, 1.807) is 0 Å². The van der Waals surface area contributed by atoms with Crippen LogP contribution in [0.4, 0.5) is 0 Å². The first-order valence-corrected chi connectivity index (χ1v) is 7.35. The van der Waals surface area contributed by atoms with Gasteiger partial charge in [-0.15, -0.1) is 0 Å². The lowest BCUT2D eigenvalue weighted by molar-refractivity contribution is 0.202. The van der Waals surface area contributed by atoms with Gasteiger partial charge < -0.3 is 10.6 Å². The van der Waals surface area contributed by atoms with Gasteiger partial charge in [-0.25, -0.2) is 0 Å². The lowest BCUT2D eigenvalue weighted by Gasteiger charge is -2.30. The van der Waals surface area contributed by atoms with Crippen molar-refractivity contribution in [1.29, 1.82) is 0 Å². The molecule has 0 aliphatic rings. The molecule has 1 aromatic rings. The minimum Gasteiger partial charge on any atom is -0.330 e. The molecule has 1 aromatic carbocycles. The second-order valence-corrected chi connectivity index (χ2v) is 6.74. The van der Waals surface area contributed by atoms with Crippen molar-refractivity contribution >= 4 is 15.9 Å². The molecule has 18 heavy (non-hydrogen) atoms. The summed E-state index contributed by atoms with van der Waals surface area (Å²) >= 11 is 3.51. The van der Waals surface area contributed by atoms with Gasteiger partial charge in [-0.2, -0.15) is 0 Å². The molecule has 0 atom stereocenters. The van der Waals surface area contributed by atoms with Crippen molar-refractivity contribution in [1.82, 2.24) is 4.90 Å². The summed E-state index contributed by atoms with van der Waals surface area (Å²) in [6.07, 6.45) is 2.17. The minimum atomic E-state index is 0.306. The Morgan fingerprint density at radius 1 is 1.33 bits per heavy atom. The number of rotatable bonds is 7. The van der Waals surface area contributed by atoms with Crippen LogP contribution in [-0.2, 0) is 6.42 Å². The molecule has 0 aliphatic carbocycles. The van der Waals surface area contributed by atoms with Crippen molar-refractivity contribution in [3.8, 4) is 0 Å². The monoisotopic (exact) mass is 312 g/mol. The summed E-state index contributed by atoms with van der Waals surface area (Å²) in [5.74, 6) is 0. The molecule has 102 valence electrons. The molecule has 2 N–H and O–H groups in total. The summed E-state index contributed by atoms with van der Waals surface area (Å²) in [7, 11) is 2.19. The normalized spacial score (nSPS) is 12.1. The Kier molecular flexibility index (Phi) is 6.33. The van der Waals surface area contributed by atoms with Gasteiger partial charge in [-0.05, 0) is 49.5 Å². The van der Waals surface area contributed by atoms with Crippen LogP contribution in [0.1, 0.15) is 25.8 Å². The van der Waals surface area contributed by atoms with E-state index < -0.39 is 0 Å². The van der Waals surface area contributed by atoms with Crippen LogP contribution in [0.2, 0.25) is 0 Å². The Hall–Kier alpha value is -0.380. The summed E-state index contributed by atoms with van der Waals surface area (Å²) in [6.45, 7) is 7.53. The quantitative estimate of drug-likeness (QED) is 0.837. The number of hydrogen-bond donors (Lipinski definition) is 1. The summed E-state index contributed by atoms with van der Waals surface area (Å²) in [5.41, 5.74) is 7.34. The number of nitrogens with two attached hydrogens (primary N) is 1. The fourth-order valence-electron chi connectivity index (χ4n) is 2.29. The van der Waals surface area contributed by atoms with Gasteiger partial charge in [0.1, 0.15) is 0 Å². The van der Waals surface area contributed by atoms with Crippen molar-refractivity contribution in [2.45, 2.75) is 26.7 Å². The molecule has 1 rings (SSSR count). The molecule has 0 saturated heterocycles. The highest BCUT2D eigenvalue weighted by atomic mass is 79.9. The second-order valence-electron chi connectivity index (χ2n) is 5.82. The Balaban J connectivity index is 2.39. The fraction of sp³-hybridized carbons (Fsp3) is 0.600. The van der Waals surface area contributed by atoms with Gasteiger partial charge >= 0.3 is 0 Å². The minimum absolute atomic E-state index is 0.306. The van der Waals surface area contributed by atoms with Gasteiger partial charge in [0.2, 0.25) is 0 Å². The van der Waals surface area contributed by atoms with Gasteiger partial charge in [-0.1, -0.05) is 41.9 Å². The maximum Gasteiger partial charge on any atom is 0.0178 e. The Morgan fingerprint density at radius 2 is 2.06 bits per heavy atom. The number of halogens is 1. The molecule has 0 aliphatic heterocycles. The van der Waals surface area contributed by atoms with Crippen molar-refractivity contribution < 1.29 is 0 Å². The van der Waals surface area contributed by atoms with E-state index in [0.29, 0.717) is 5.41 Å². The zero-order valence-electron chi connectivity index (χ0n) is 11.7. The molecule has 0 saturated carbocycles. The van der Waals surface area contributed by atoms with E-state index in [4.69, 9.17) is 5.73 Å². The SMILES string of the molecule is CN(CCc1cccc(Br)c1)CC(C)(C)CCN. The van der Waals surface area contributed by atoms with Crippen LogP contribution in [0.15, 0.2) is 28.7 Å². The van der Waals surface area contributed by atoms with E-state index in [1.165, 1.54) is 5.56 Å². The predicted octanol–water partition coefficient (Wildman–Crippen LogP) is 3.30. The summed E-state index contributed by atoms with van der Waals surface area (Å²) in [4.78, 5) is 2.40. The van der Waals surface area contributed by atoms with Crippen molar-refractivity contribution in [2.75, 3.05) is 26.7 Å². The topological polar surface area (TPSA) is 29.3 Å². The molecule has 0 spiro atoms. The van der Waals surface area contributed by atoms with Gasteiger partial charge in [-0.3, -0.25) is 0 Å². The third kappa shape index (κ3) is 5.98. The smallest absolute Gasteiger partial charge is 0.0178 e. The number of likely N-dealkylation sites (N-methyl/N-ethyl adjacent to an activating group) is 1. The molecule has 0 bridgehead atoms. The first-order chi connectivity index (χ1) is 8.43. The third-order valence-electron chi connectivity index (χ3n) is 3.19. The molecule has 0 heterocycles. The van der Waals surface area contributed by atoms with Crippen LogP contribution >= 0.6 is 15.9 Å². The lowest BCUT2D eigenvalue weighted by atomic mass is 9.89. The zero-order valence-corrected chi connectivity index (χ0v) is 13.3. The number of benzene rings is 1. The first-order valence-electron chi connectivity index (χ1n) is 6.56. The summed E-state index contributed by atoms with van der Waals surface area (Å²) in [6, 6.07) is 8.54. The highest BCUT2D eigenvalue weighted by Crippen LogP contribution is 2.20. The molecule has 0 radical (unpaired) electrons. The van der Waals surface area contributed by atoms with E-state index in [1.807, 2.05) is 0 Å². The van der Waals surface area contributed by atoms with Crippen LogP contribution in [-0.4, -0.2) is 31.6 Å². The lowest BCUT2D eigenvalue weighted by Crippen LogP contribution is -2.34. The van der Waals surface area contributed by atoms with Crippen LogP contribution in [0.25, 0.3) is 0 Å². The van der Waals surface area contributed by atoms with E-state index in [-0.39, 0.29) is 0 Å². The largest absolute Gasteiger partial charge is 0.330 e. The predicted molar refractivity (Wildman–Crippen MR) is 82.8 cm³/mol. The second kappa shape index (κ2) is 7.27. The van der Waals surface area contributed by atoms with Crippen LogP contribution in [0.3, 0.4) is 0 Å². The van der Waals surface area contributed by atoms with Crippen LogP contribution in [0, 0.1) is 5.41 Å². The Bertz CT molecular complexity index is 363. The molecule has 2 nitrogen and oxygen atoms in total.